The van der Waals surface area contributed by atoms with Crippen molar-refractivity contribution in [1.82, 2.24) is 5.32 Å². The Labute approximate surface area is 145 Å². The maximum absolute atomic E-state index is 10.3. The molecule has 2 fully saturated rings. The summed E-state index contributed by atoms with van der Waals surface area (Å²) in [6, 6.07) is 9.68. The highest BCUT2D eigenvalue weighted by molar-refractivity contribution is 7.46. The first kappa shape index (κ1) is 19.5. The van der Waals surface area contributed by atoms with Crippen LogP contribution in [-0.4, -0.2) is 21.9 Å². The minimum absolute atomic E-state index is 0.167. The first-order chi connectivity index (χ1) is 11.5. The topological polar surface area (TPSA) is 78.8 Å². The summed E-state index contributed by atoms with van der Waals surface area (Å²) in [5.74, 6) is 0.167. The number of phosphoric ester groups is 1. The van der Waals surface area contributed by atoms with Crippen molar-refractivity contribution < 1.29 is 18.9 Å². The Morgan fingerprint density at radius 3 is 1.71 bits per heavy atom. The number of para-hydroxylation sites is 1. The number of benzene rings is 1. The monoisotopic (exact) mass is 355 g/mol. The molecule has 6 heteroatoms. The number of rotatable bonds is 4. The van der Waals surface area contributed by atoms with Gasteiger partial charge in [0.1, 0.15) is 5.75 Å². The highest BCUT2D eigenvalue weighted by Gasteiger charge is 2.19. The highest BCUT2D eigenvalue weighted by Crippen LogP contribution is 2.36. The van der Waals surface area contributed by atoms with Gasteiger partial charge in [-0.3, -0.25) is 9.79 Å². The van der Waals surface area contributed by atoms with Gasteiger partial charge in [0, 0.05) is 12.1 Å². The normalized spacial score (nSPS) is 20.1. The van der Waals surface area contributed by atoms with Crippen LogP contribution >= 0.6 is 7.82 Å². The molecule has 3 N–H and O–H groups in total. The summed E-state index contributed by atoms with van der Waals surface area (Å²) in [4.78, 5) is 16.7. The van der Waals surface area contributed by atoms with E-state index in [0.29, 0.717) is 0 Å². The fourth-order valence-electron chi connectivity index (χ4n) is 3.49. The number of hydrogen-bond acceptors (Lipinski definition) is 3. The average molecular weight is 355 g/mol. The Morgan fingerprint density at radius 1 is 0.833 bits per heavy atom. The second-order valence-corrected chi connectivity index (χ2v) is 7.90. The molecule has 0 aliphatic heterocycles. The highest BCUT2D eigenvalue weighted by atomic mass is 31.2. The summed E-state index contributed by atoms with van der Waals surface area (Å²) >= 11 is 0. The van der Waals surface area contributed by atoms with Gasteiger partial charge in [-0.15, -0.1) is 0 Å². The third-order valence-corrected chi connectivity index (χ3v) is 5.10. The SMILES string of the molecule is C1CCC(NC2CCCCC2)CC1.O=P(O)(O)Oc1ccccc1. The Kier molecular flexibility index (Phi) is 8.26. The summed E-state index contributed by atoms with van der Waals surface area (Å²) < 4.78 is 14.5. The van der Waals surface area contributed by atoms with Gasteiger partial charge in [-0.1, -0.05) is 56.7 Å². The van der Waals surface area contributed by atoms with E-state index in [2.05, 4.69) is 9.84 Å². The molecule has 2 saturated carbocycles. The molecule has 0 spiro atoms. The van der Waals surface area contributed by atoms with Crippen LogP contribution < -0.4 is 9.84 Å². The van der Waals surface area contributed by atoms with E-state index in [1.165, 1.54) is 76.3 Å². The van der Waals surface area contributed by atoms with Crippen LogP contribution in [0.3, 0.4) is 0 Å². The van der Waals surface area contributed by atoms with Crippen molar-refractivity contribution in [2.45, 2.75) is 76.3 Å². The van der Waals surface area contributed by atoms with E-state index in [1.54, 1.807) is 18.2 Å². The van der Waals surface area contributed by atoms with Crippen molar-refractivity contribution in [3.05, 3.63) is 30.3 Å². The summed E-state index contributed by atoms with van der Waals surface area (Å²) in [6.45, 7) is 0. The summed E-state index contributed by atoms with van der Waals surface area (Å²) in [6.07, 6.45) is 14.6. The molecule has 0 bridgehead atoms. The smallest absolute Gasteiger partial charge is 0.404 e. The van der Waals surface area contributed by atoms with Gasteiger partial charge in [-0.05, 0) is 37.8 Å². The molecule has 0 radical (unpaired) electrons. The van der Waals surface area contributed by atoms with Crippen molar-refractivity contribution in [3.8, 4) is 5.75 Å². The van der Waals surface area contributed by atoms with Crippen molar-refractivity contribution in [1.29, 1.82) is 0 Å². The minimum atomic E-state index is -4.39. The predicted molar refractivity (Wildman–Crippen MR) is 96.0 cm³/mol. The fraction of sp³-hybridized carbons (Fsp3) is 0.667. The van der Waals surface area contributed by atoms with Gasteiger partial charge in [0.05, 0.1) is 0 Å². The fourth-order valence-corrected chi connectivity index (χ4v) is 3.89. The Hall–Kier alpha value is -0.870. The molecule has 24 heavy (non-hydrogen) atoms. The molecule has 0 heterocycles. The van der Waals surface area contributed by atoms with Crippen LogP contribution in [0.25, 0.3) is 0 Å². The molecule has 1 aromatic carbocycles. The number of nitrogens with one attached hydrogen (secondary N) is 1. The molecule has 2 aliphatic carbocycles. The maximum atomic E-state index is 10.3. The maximum Gasteiger partial charge on any atom is 0.524 e. The van der Waals surface area contributed by atoms with Crippen LogP contribution in [0.4, 0.5) is 0 Å². The van der Waals surface area contributed by atoms with Gasteiger partial charge >= 0.3 is 7.82 Å². The van der Waals surface area contributed by atoms with Gasteiger partial charge in [0.2, 0.25) is 0 Å². The Balaban J connectivity index is 0.000000177. The summed E-state index contributed by atoms with van der Waals surface area (Å²) in [5, 5.41) is 3.86. The first-order valence-electron chi connectivity index (χ1n) is 9.09. The molecular formula is C18H30NO4P. The van der Waals surface area contributed by atoms with Gasteiger partial charge in [0.25, 0.3) is 0 Å². The molecule has 3 rings (SSSR count). The Bertz CT molecular complexity index is 477. The van der Waals surface area contributed by atoms with Crippen LogP contribution in [0.5, 0.6) is 5.75 Å². The van der Waals surface area contributed by atoms with Crippen LogP contribution in [0.1, 0.15) is 64.2 Å². The molecule has 0 unspecified atom stereocenters. The third kappa shape index (κ3) is 8.29. The third-order valence-electron chi connectivity index (χ3n) is 4.65. The predicted octanol–water partition coefficient (Wildman–Crippen LogP) is 4.40. The molecule has 0 saturated heterocycles. The molecular weight excluding hydrogens is 325 g/mol. The van der Waals surface area contributed by atoms with E-state index in [0.717, 1.165) is 12.1 Å². The quantitative estimate of drug-likeness (QED) is 0.698. The number of phosphoric acid groups is 1. The summed E-state index contributed by atoms with van der Waals surface area (Å²) in [5.41, 5.74) is 0. The van der Waals surface area contributed by atoms with Crippen LogP contribution in [0, 0.1) is 0 Å². The lowest BCUT2D eigenvalue weighted by Crippen LogP contribution is -2.40. The molecule has 2 aliphatic rings. The van der Waals surface area contributed by atoms with Gasteiger partial charge in [-0.2, -0.15) is 0 Å². The van der Waals surface area contributed by atoms with E-state index in [4.69, 9.17) is 9.79 Å². The van der Waals surface area contributed by atoms with Gasteiger partial charge in [-0.25, -0.2) is 4.57 Å². The largest absolute Gasteiger partial charge is 0.524 e. The molecule has 0 amide bonds. The van der Waals surface area contributed by atoms with E-state index >= 15 is 0 Å². The Morgan fingerprint density at radius 2 is 1.29 bits per heavy atom. The second kappa shape index (κ2) is 10.2. The lowest BCUT2D eigenvalue weighted by Gasteiger charge is -2.30. The van der Waals surface area contributed by atoms with Crippen LogP contribution in [-0.2, 0) is 4.57 Å². The van der Waals surface area contributed by atoms with E-state index < -0.39 is 7.82 Å². The first-order valence-corrected chi connectivity index (χ1v) is 10.6. The second-order valence-electron chi connectivity index (χ2n) is 6.73. The lowest BCUT2D eigenvalue weighted by atomic mass is 9.91. The van der Waals surface area contributed by atoms with Crippen molar-refractivity contribution >= 4 is 7.82 Å². The van der Waals surface area contributed by atoms with Crippen molar-refractivity contribution in [3.63, 3.8) is 0 Å². The average Bonchev–Trinajstić information content (AvgIpc) is 2.57. The van der Waals surface area contributed by atoms with Gasteiger partial charge < -0.3 is 9.84 Å². The number of hydrogen-bond donors (Lipinski definition) is 3. The van der Waals surface area contributed by atoms with E-state index in [9.17, 15) is 4.57 Å². The van der Waals surface area contributed by atoms with E-state index in [1.807, 2.05) is 0 Å². The van der Waals surface area contributed by atoms with E-state index in [-0.39, 0.29) is 5.75 Å². The van der Waals surface area contributed by atoms with Gasteiger partial charge in [0.15, 0.2) is 0 Å². The van der Waals surface area contributed by atoms with Crippen molar-refractivity contribution in [2.75, 3.05) is 0 Å². The molecule has 136 valence electrons. The standard InChI is InChI=1S/C12H23N.C6H7O4P/c1-3-7-11(8-4-1)13-12-9-5-2-6-10-12;7-11(8,9)10-6-4-2-1-3-5-6/h11-13H,1-10H2;1-5H,(H2,7,8,9). The zero-order valence-electron chi connectivity index (χ0n) is 14.3. The van der Waals surface area contributed by atoms with Crippen molar-refractivity contribution in [2.24, 2.45) is 0 Å². The summed E-state index contributed by atoms with van der Waals surface area (Å²) in [7, 11) is -4.39. The van der Waals surface area contributed by atoms with Crippen LogP contribution in [0.15, 0.2) is 30.3 Å². The molecule has 0 aromatic heterocycles. The minimum Gasteiger partial charge on any atom is -0.404 e. The molecule has 0 atom stereocenters. The zero-order chi connectivity index (χ0) is 17.3. The molecule has 5 nitrogen and oxygen atoms in total. The van der Waals surface area contributed by atoms with Crippen LogP contribution in [0.2, 0.25) is 0 Å². The lowest BCUT2D eigenvalue weighted by molar-refractivity contribution is 0.283. The molecule has 1 aromatic rings. The zero-order valence-corrected chi connectivity index (χ0v) is 15.2.